The molecule has 2 aromatic heterocycles. The molecule has 0 atom stereocenters. The van der Waals surface area contributed by atoms with Crippen molar-refractivity contribution in [3.05, 3.63) is 90.6 Å². The van der Waals surface area contributed by atoms with Gasteiger partial charge in [0.25, 0.3) is 0 Å². The lowest BCUT2D eigenvalue weighted by atomic mass is 9.85. The van der Waals surface area contributed by atoms with Gasteiger partial charge in [-0.1, -0.05) is 80.6 Å². The third kappa shape index (κ3) is 3.20. The minimum Gasteiger partial charge on any atom is -0.455 e. The fourth-order valence-electron chi connectivity index (χ4n) is 5.70. The molecule has 2 nitrogen and oxygen atoms in total. The molecular formula is C32H27NO. The quantitative estimate of drug-likeness (QED) is 0.255. The molecule has 1 aliphatic carbocycles. The van der Waals surface area contributed by atoms with Crippen LogP contribution in [-0.4, -0.2) is 4.98 Å². The van der Waals surface area contributed by atoms with Crippen molar-refractivity contribution < 1.29 is 7.16 Å². The molecule has 34 heavy (non-hydrogen) atoms. The minimum absolute atomic E-state index is 0.0599. The second kappa shape index (κ2) is 7.99. The van der Waals surface area contributed by atoms with Gasteiger partial charge in [0.2, 0.25) is 0 Å². The summed E-state index contributed by atoms with van der Waals surface area (Å²) >= 11 is 0. The van der Waals surface area contributed by atoms with Crippen molar-refractivity contribution in [1.29, 1.82) is 0 Å². The van der Waals surface area contributed by atoms with Crippen LogP contribution in [0.2, 0.25) is 0 Å². The van der Waals surface area contributed by atoms with Crippen LogP contribution < -0.4 is 0 Å². The van der Waals surface area contributed by atoms with Crippen LogP contribution in [0.25, 0.3) is 54.7 Å². The first-order valence-electron chi connectivity index (χ1n) is 13.3. The lowest BCUT2D eigenvalue weighted by Crippen LogP contribution is -2.09. The van der Waals surface area contributed by atoms with Crippen molar-refractivity contribution in [1.82, 2.24) is 4.98 Å². The SMILES string of the molecule is [2H]C([2H])(c1ccnc(-c2cccc3c2oc2c3ccc3c4ccccc4ccc32)c1)C1CCCCC1. The van der Waals surface area contributed by atoms with E-state index < -0.39 is 6.37 Å². The van der Waals surface area contributed by atoms with Crippen molar-refractivity contribution in [3.63, 3.8) is 0 Å². The Bertz CT molecular complexity index is 1760. The largest absolute Gasteiger partial charge is 0.455 e. The highest BCUT2D eigenvalue weighted by molar-refractivity contribution is 6.21. The number of hydrogen-bond acceptors (Lipinski definition) is 2. The van der Waals surface area contributed by atoms with E-state index in [1.54, 1.807) is 6.20 Å². The number of benzene rings is 4. The summed E-state index contributed by atoms with van der Waals surface area (Å²) in [5.41, 5.74) is 4.06. The Kier molecular flexibility index (Phi) is 4.18. The number of fused-ring (bicyclic) bond motifs is 7. The summed E-state index contributed by atoms with van der Waals surface area (Å²) in [6.07, 6.45) is 5.72. The van der Waals surface area contributed by atoms with Gasteiger partial charge in [0.1, 0.15) is 11.2 Å². The van der Waals surface area contributed by atoms with Crippen molar-refractivity contribution in [2.45, 2.75) is 38.5 Å². The number of furan rings is 1. The number of para-hydroxylation sites is 1. The second-order valence-corrected chi connectivity index (χ2v) is 9.52. The summed E-state index contributed by atoms with van der Waals surface area (Å²) < 4.78 is 24.5. The zero-order valence-electron chi connectivity index (χ0n) is 21.1. The fourth-order valence-corrected chi connectivity index (χ4v) is 5.70. The molecule has 1 fully saturated rings. The second-order valence-electron chi connectivity index (χ2n) is 9.52. The first-order valence-corrected chi connectivity index (χ1v) is 12.3. The Labute approximate surface area is 202 Å². The number of hydrogen-bond donors (Lipinski definition) is 0. The first kappa shape index (κ1) is 17.8. The van der Waals surface area contributed by atoms with E-state index in [0.29, 0.717) is 5.56 Å². The number of nitrogens with zero attached hydrogens (tertiary/aromatic N) is 1. The normalized spacial score (nSPS) is 16.4. The molecule has 4 aromatic carbocycles. The predicted octanol–water partition coefficient (Wildman–Crippen LogP) is 9.08. The zero-order chi connectivity index (χ0) is 24.3. The van der Waals surface area contributed by atoms with E-state index in [1.165, 1.54) is 22.6 Å². The van der Waals surface area contributed by atoms with Crippen molar-refractivity contribution in [2.24, 2.45) is 5.92 Å². The summed E-state index contributed by atoms with van der Waals surface area (Å²) in [7, 11) is 0. The van der Waals surface area contributed by atoms with Gasteiger partial charge in [-0.3, -0.25) is 4.98 Å². The summed E-state index contributed by atoms with van der Waals surface area (Å²) in [6.45, 7) is 0. The molecule has 0 amide bonds. The summed E-state index contributed by atoms with van der Waals surface area (Å²) in [5, 5.41) is 6.86. The molecule has 0 unspecified atom stereocenters. The molecular weight excluding hydrogens is 414 g/mol. The van der Waals surface area contributed by atoms with Gasteiger partial charge in [0.05, 0.1) is 5.69 Å². The number of aromatic nitrogens is 1. The summed E-state index contributed by atoms with van der Waals surface area (Å²) in [4.78, 5) is 4.67. The van der Waals surface area contributed by atoms with Crippen LogP contribution in [0, 0.1) is 5.92 Å². The molecule has 0 N–H and O–H groups in total. The van der Waals surface area contributed by atoms with Gasteiger partial charge in [-0.05, 0) is 64.3 Å². The molecule has 0 saturated heterocycles. The van der Waals surface area contributed by atoms with Gasteiger partial charge in [0, 0.05) is 30.7 Å². The van der Waals surface area contributed by atoms with Crippen LogP contribution >= 0.6 is 0 Å². The average Bonchev–Trinajstić information content (AvgIpc) is 3.33. The summed E-state index contributed by atoms with van der Waals surface area (Å²) in [5.74, 6) is 0.0599. The highest BCUT2D eigenvalue weighted by Crippen LogP contribution is 2.40. The average molecular weight is 444 g/mol. The van der Waals surface area contributed by atoms with E-state index in [1.807, 2.05) is 24.3 Å². The van der Waals surface area contributed by atoms with Crippen molar-refractivity contribution in [2.75, 3.05) is 0 Å². The van der Waals surface area contributed by atoms with Crippen LogP contribution in [0.4, 0.5) is 0 Å². The molecule has 2 heteroatoms. The maximum Gasteiger partial charge on any atom is 0.144 e. The smallest absolute Gasteiger partial charge is 0.144 e. The number of pyridine rings is 1. The Morgan fingerprint density at radius 1 is 0.735 bits per heavy atom. The van der Waals surface area contributed by atoms with Crippen LogP contribution in [0.1, 0.15) is 40.4 Å². The van der Waals surface area contributed by atoms with E-state index in [2.05, 4.69) is 59.6 Å². The fraction of sp³-hybridized carbons (Fsp3) is 0.219. The third-order valence-corrected chi connectivity index (χ3v) is 7.40. The summed E-state index contributed by atoms with van der Waals surface area (Å²) in [6, 6.07) is 27.1. The molecule has 166 valence electrons. The molecule has 6 aromatic rings. The Balaban J connectivity index is 1.41. The Hall–Kier alpha value is -3.65. The minimum atomic E-state index is -1.36. The predicted molar refractivity (Wildman–Crippen MR) is 142 cm³/mol. The molecule has 0 aliphatic heterocycles. The molecule has 0 radical (unpaired) electrons. The number of rotatable bonds is 3. The van der Waals surface area contributed by atoms with Gasteiger partial charge in [-0.25, -0.2) is 0 Å². The molecule has 1 saturated carbocycles. The molecule has 0 spiro atoms. The van der Waals surface area contributed by atoms with E-state index in [0.717, 1.165) is 64.3 Å². The zero-order valence-corrected chi connectivity index (χ0v) is 19.1. The van der Waals surface area contributed by atoms with Gasteiger partial charge in [0.15, 0.2) is 0 Å². The monoisotopic (exact) mass is 443 g/mol. The molecule has 0 bridgehead atoms. The van der Waals surface area contributed by atoms with Gasteiger partial charge in [-0.15, -0.1) is 0 Å². The van der Waals surface area contributed by atoms with Crippen LogP contribution in [-0.2, 0) is 6.37 Å². The van der Waals surface area contributed by atoms with Gasteiger partial charge in [-0.2, -0.15) is 0 Å². The van der Waals surface area contributed by atoms with Crippen LogP contribution in [0.3, 0.4) is 0 Å². The third-order valence-electron chi connectivity index (χ3n) is 7.40. The molecule has 1 aliphatic rings. The molecule has 7 rings (SSSR count). The van der Waals surface area contributed by atoms with Crippen molar-refractivity contribution in [3.8, 4) is 11.3 Å². The highest BCUT2D eigenvalue weighted by atomic mass is 16.3. The van der Waals surface area contributed by atoms with E-state index >= 15 is 0 Å². The van der Waals surface area contributed by atoms with E-state index in [-0.39, 0.29) is 5.92 Å². The van der Waals surface area contributed by atoms with E-state index in [4.69, 9.17) is 7.16 Å². The van der Waals surface area contributed by atoms with Crippen molar-refractivity contribution >= 4 is 43.5 Å². The topological polar surface area (TPSA) is 26.0 Å². The van der Waals surface area contributed by atoms with E-state index in [9.17, 15) is 0 Å². The Morgan fingerprint density at radius 2 is 1.50 bits per heavy atom. The molecule has 2 heterocycles. The van der Waals surface area contributed by atoms with Crippen LogP contribution in [0.15, 0.2) is 89.5 Å². The maximum atomic E-state index is 8.94. The van der Waals surface area contributed by atoms with Gasteiger partial charge >= 0.3 is 0 Å². The standard InChI is InChI=1S/C32H27NO/c1-2-7-21(8-3-1)19-22-17-18-33-30(20-22)29-12-6-11-26-28-16-15-25-24-10-5-4-9-23(24)13-14-27(25)31(28)34-32(26)29/h4-6,9-18,20-21H,1-3,7-8,19H2/i19D2. The lowest BCUT2D eigenvalue weighted by molar-refractivity contribution is 0.356. The lowest BCUT2D eigenvalue weighted by Gasteiger charge is -2.21. The highest BCUT2D eigenvalue weighted by Gasteiger charge is 2.17. The Morgan fingerprint density at radius 3 is 2.44 bits per heavy atom. The van der Waals surface area contributed by atoms with Crippen LogP contribution in [0.5, 0.6) is 0 Å². The maximum absolute atomic E-state index is 8.94. The first-order chi connectivity index (χ1) is 17.6. The van der Waals surface area contributed by atoms with Gasteiger partial charge < -0.3 is 4.42 Å².